The maximum Gasteiger partial charge on any atom is 0.187 e. The van der Waals surface area contributed by atoms with Gasteiger partial charge in [-0.1, -0.05) is 0 Å². The molecule has 33 unspecified atom stereocenters. The zero-order valence-electron chi connectivity index (χ0n) is 54.8. The van der Waals surface area contributed by atoms with Gasteiger partial charge >= 0.3 is 0 Å². The minimum Gasteiger partial charge on any atom is -0.396 e. The number of rotatable bonds is 15. The molecule has 12 bridgehead atoms. The number of hydrogen-bond acceptors (Lipinski definition) is 44. The summed E-state index contributed by atoms with van der Waals surface area (Å²) >= 11 is 0. The van der Waals surface area contributed by atoms with Crippen LogP contribution in [0.2, 0.25) is 0 Å². The molecule has 25 rings (SSSR count). The smallest absolute Gasteiger partial charge is 0.187 e. The molecule has 23 saturated heterocycles. The fourth-order valence-electron chi connectivity index (χ4n) is 14.4. The van der Waals surface area contributed by atoms with E-state index in [1.165, 1.54) is 14.2 Å². The van der Waals surface area contributed by atoms with E-state index in [-0.39, 0.29) is 19.4 Å². The fraction of sp³-hybridized carbons (Fsp3) is 1.00. The zero-order valence-corrected chi connectivity index (χ0v) is 54.8. The Morgan fingerprint density at radius 1 is 0.225 bits per heavy atom. The molecule has 44 nitrogen and oxygen atoms in total. The number of hydrogen-bond donors (Lipinski definition) is 27. The molecule has 0 aromatic rings. The molecule has 102 heavy (non-hydrogen) atoms. The van der Waals surface area contributed by atoms with E-state index in [0.29, 0.717) is 0 Å². The Balaban J connectivity index is 0.000000283. The van der Waals surface area contributed by atoms with E-state index in [1.54, 1.807) is 0 Å². The lowest BCUT2D eigenvalue weighted by Crippen LogP contribution is -2.69. The summed E-state index contributed by atoms with van der Waals surface area (Å²) in [5, 5.41) is 288. The topological polar surface area (TPSA) is 703 Å². The normalized spacial score (nSPS) is 53.6. The second-order valence-corrected chi connectivity index (χ2v) is 26.6. The first-order valence-corrected chi connectivity index (χ1v) is 33.2. The van der Waals surface area contributed by atoms with Crippen LogP contribution in [0.15, 0.2) is 0 Å². The standard InChI is InChI=1S/C36H60O30.C22H40O14/c37-1-7-25-13(43)19(49)31(55-7)62-26-8(2-38)57-33(21(51)15(26)45)64-28-10(4-40)59-35(23(53)17(28)47)66-30-12(6-42)60-36(24(54)18(30)48)65-29-11(5-41)58-34(22(52)16(29)46)63-27-9(3-39)56-32(61-25)20(50)14(27)44;1-32-19-8(5-23)3-10(13(26)15(19)28)34-20-9(6-24)4-11(14(27)16(20)29)35-21-12(7-25)36-22(33-2)18(31)17(21)30/h7-54H,1-6H2;8-31H,3-7H2,1-2H3/t7?,8?,9?,10?,11?,12?,13-,14?,15?,16?,17?,18?,19?,20?,21?,22?,23?,24?,25?,26+,27+,28+,29+,30+,31-,32+,33-,34+,35+,36+;/m0./s1. The Morgan fingerprint density at radius 3 is 0.696 bits per heavy atom. The van der Waals surface area contributed by atoms with Crippen molar-refractivity contribution in [2.24, 2.45) is 11.8 Å². The molecule has 0 amide bonds. The lowest BCUT2D eigenvalue weighted by molar-refractivity contribution is -0.404. The Kier molecular flexibility index (Phi) is 30.4. The van der Waals surface area contributed by atoms with Crippen LogP contribution in [0, 0.1) is 11.8 Å². The van der Waals surface area contributed by atoms with Crippen LogP contribution in [0.25, 0.3) is 0 Å². The van der Waals surface area contributed by atoms with Crippen LogP contribution in [0.1, 0.15) is 12.8 Å². The summed E-state index contributed by atoms with van der Waals surface area (Å²) in [5.74, 6) is -1.35. The van der Waals surface area contributed by atoms with E-state index in [1.807, 2.05) is 0 Å². The van der Waals surface area contributed by atoms with Crippen molar-refractivity contribution in [3.05, 3.63) is 0 Å². The predicted molar refractivity (Wildman–Crippen MR) is 313 cm³/mol. The molecular formula is C58H100O44. The minimum absolute atomic E-state index is 0.0555. The van der Waals surface area contributed by atoms with Crippen molar-refractivity contribution in [1.29, 1.82) is 0 Å². The summed E-state index contributed by atoms with van der Waals surface area (Å²) in [4.78, 5) is 0. The SMILES string of the molecule is COC1OC(CO)C(OC2CC(CO)C(OC3CC(CO)C(OC)C(O)C3O)C(O)C2O)C(O)C1O.OCC1O[C@H]2O[C@@H]3C(CO)O[C@@H](O[C@@H]4C(CO)O[C@H](O[C@@H]5C(CO)O[C@H](O[C@@H]6C(CO)O[C@H](O[C@@H]7C(CO)O[C@H](OC1[C@@H](O)C2O)C(O)C7O)C(O)C6O)C(O)C5O)C(O)C4O)C(O)C3O. The molecule has 25 fully saturated rings. The molecule has 23 heterocycles. The molecule has 23 aliphatic heterocycles. The van der Waals surface area contributed by atoms with Crippen LogP contribution >= 0.6 is 0 Å². The zero-order chi connectivity index (χ0) is 74.8. The van der Waals surface area contributed by atoms with Gasteiger partial charge in [-0.05, 0) is 12.8 Å². The van der Waals surface area contributed by atoms with Gasteiger partial charge in [0.15, 0.2) is 44.0 Å². The van der Waals surface area contributed by atoms with Gasteiger partial charge in [0.25, 0.3) is 0 Å². The van der Waals surface area contributed by atoms with E-state index < -0.39 is 328 Å². The summed E-state index contributed by atoms with van der Waals surface area (Å²) in [6.07, 6.45) is -75.2. The maximum atomic E-state index is 11.2. The second-order valence-electron chi connectivity index (χ2n) is 26.6. The third-order valence-electron chi connectivity index (χ3n) is 20.3. The first-order chi connectivity index (χ1) is 48.5. The van der Waals surface area contributed by atoms with Gasteiger partial charge in [-0.3, -0.25) is 0 Å². The van der Waals surface area contributed by atoms with Crippen LogP contribution in [0.3, 0.4) is 0 Å². The molecule has 0 spiro atoms. The Labute approximate surface area is 579 Å². The number of ether oxygens (including phenoxy) is 17. The van der Waals surface area contributed by atoms with Gasteiger partial charge in [-0.15, -0.1) is 0 Å². The third kappa shape index (κ3) is 17.2. The van der Waals surface area contributed by atoms with E-state index in [2.05, 4.69) is 0 Å². The van der Waals surface area contributed by atoms with Crippen LogP contribution in [0.4, 0.5) is 0 Å². The molecule has 45 atom stereocenters. The molecule has 0 aromatic carbocycles. The predicted octanol–water partition coefficient (Wildman–Crippen LogP) is -18.0. The second kappa shape index (κ2) is 36.8. The largest absolute Gasteiger partial charge is 0.396 e. The fourth-order valence-corrected chi connectivity index (χ4v) is 14.4. The van der Waals surface area contributed by atoms with Gasteiger partial charge < -0.3 is 218 Å². The Morgan fingerprint density at radius 2 is 0.461 bits per heavy atom. The van der Waals surface area contributed by atoms with Crippen molar-refractivity contribution in [2.75, 3.05) is 73.7 Å². The van der Waals surface area contributed by atoms with E-state index in [4.69, 9.17) is 80.5 Å². The minimum atomic E-state index is -2.15. The van der Waals surface area contributed by atoms with Crippen molar-refractivity contribution in [3.63, 3.8) is 0 Å². The van der Waals surface area contributed by atoms with Gasteiger partial charge in [0.05, 0.1) is 70.7 Å². The molecule has 25 aliphatic rings. The average molecular weight is 1500 g/mol. The molecule has 0 aromatic heterocycles. The lowest BCUT2D eigenvalue weighted by atomic mass is 9.78. The van der Waals surface area contributed by atoms with Crippen LogP contribution in [0.5, 0.6) is 0 Å². The third-order valence-corrected chi connectivity index (χ3v) is 20.3. The quantitative estimate of drug-likeness (QED) is 0.0724. The lowest BCUT2D eigenvalue weighted by Gasteiger charge is -2.50. The highest BCUT2D eigenvalue weighted by molar-refractivity contribution is 5.04. The molecule has 27 N–H and O–H groups in total. The molecule has 596 valence electrons. The van der Waals surface area contributed by atoms with Gasteiger partial charge in [0.2, 0.25) is 0 Å². The van der Waals surface area contributed by atoms with E-state index in [0.717, 1.165) is 0 Å². The monoisotopic (exact) mass is 1500 g/mol. The van der Waals surface area contributed by atoms with Gasteiger partial charge in [0, 0.05) is 39.3 Å². The summed E-state index contributed by atoms with van der Waals surface area (Å²) in [7, 11) is 2.60. The summed E-state index contributed by atoms with van der Waals surface area (Å²) in [6.45, 7) is -7.42. The van der Waals surface area contributed by atoms with Crippen molar-refractivity contribution in [2.45, 2.75) is 277 Å². The van der Waals surface area contributed by atoms with Crippen molar-refractivity contribution >= 4 is 0 Å². The first kappa shape index (κ1) is 84.3. The molecule has 44 heteroatoms. The van der Waals surface area contributed by atoms with Crippen molar-refractivity contribution in [3.8, 4) is 0 Å². The number of aliphatic hydroxyl groups excluding tert-OH is 27. The molecule has 2 aliphatic carbocycles. The highest BCUT2D eigenvalue weighted by Gasteiger charge is 2.60. The summed E-state index contributed by atoms with van der Waals surface area (Å²) in [5.41, 5.74) is 0. The van der Waals surface area contributed by atoms with Gasteiger partial charge in [0.1, 0.15) is 195 Å². The molecular weight excluding hydrogens is 1400 g/mol. The molecule has 0 radical (unpaired) electrons. The van der Waals surface area contributed by atoms with Crippen LogP contribution in [-0.4, -0.2) is 475 Å². The van der Waals surface area contributed by atoms with Gasteiger partial charge in [-0.2, -0.15) is 0 Å². The van der Waals surface area contributed by atoms with Gasteiger partial charge in [-0.25, -0.2) is 0 Å². The van der Waals surface area contributed by atoms with Crippen LogP contribution in [-0.2, 0) is 80.5 Å². The summed E-state index contributed by atoms with van der Waals surface area (Å²) < 4.78 is 95.1. The van der Waals surface area contributed by atoms with Crippen molar-refractivity contribution < 1.29 is 218 Å². The number of aliphatic hydroxyl groups is 27. The average Bonchev–Trinajstić information content (AvgIpc) is 0.778. The number of methoxy groups -OCH3 is 2. The van der Waals surface area contributed by atoms with E-state index in [9.17, 15) is 138 Å². The van der Waals surface area contributed by atoms with Crippen LogP contribution < -0.4 is 0 Å². The highest BCUT2D eigenvalue weighted by atomic mass is 16.8. The Hall–Kier alpha value is -1.76. The van der Waals surface area contributed by atoms with Crippen molar-refractivity contribution in [1.82, 2.24) is 0 Å². The molecule has 2 saturated carbocycles. The van der Waals surface area contributed by atoms with E-state index >= 15 is 0 Å². The maximum absolute atomic E-state index is 11.2. The first-order valence-electron chi connectivity index (χ1n) is 33.2. The summed E-state index contributed by atoms with van der Waals surface area (Å²) in [6, 6.07) is 0. The highest BCUT2D eigenvalue weighted by Crippen LogP contribution is 2.41. The Bertz CT molecular complexity index is 2200.